The fraction of sp³-hybridized carbons (Fsp3) is 0.364. The molecule has 0 spiro atoms. The number of fused-ring (bicyclic) bond motifs is 1. The van der Waals surface area contributed by atoms with Crippen molar-refractivity contribution >= 4 is 34.1 Å². The first kappa shape index (κ1) is 19.3. The number of hydrogen-bond acceptors (Lipinski definition) is 1. The molecule has 0 saturated heterocycles. The van der Waals surface area contributed by atoms with E-state index in [1.807, 2.05) is 18.2 Å². The molecule has 138 valence electrons. The van der Waals surface area contributed by atoms with Gasteiger partial charge in [0.05, 0.1) is 15.7 Å². The predicted molar refractivity (Wildman–Crippen MR) is 114 cm³/mol. The standard InChI is InChI=1S/C22H26Cl2N2/c1-22(2,3)14-10-11-19-16(13-14)15(7-4-5-12-25)21(26-19)20-17(23)8-6-9-18(20)24/h6,8-11,13,26H,4-5,7,12,25H2,1-3H3. The summed E-state index contributed by atoms with van der Waals surface area (Å²) in [5.41, 5.74) is 11.4. The van der Waals surface area contributed by atoms with Crippen LogP contribution in [0.4, 0.5) is 0 Å². The fourth-order valence-electron chi connectivity index (χ4n) is 3.37. The molecule has 0 radical (unpaired) electrons. The van der Waals surface area contributed by atoms with Crippen LogP contribution in [-0.2, 0) is 11.8 Å². The van der Waals surface area contributed by atoms with E-state index in [1.165, 1.54) is 16.5 Å². The molecule has 0 aliphatic heterocycles. The summed E-state index contributed by atoms with van der Waals surface area (Å²) in [5, 5.41) is 2.58. The molecule has 0 aliphatic carbocycles. The lowest BCUT2D eigenvalue weighted by Gasteiger charge is -2.19. The number of halogens is 2. The molecule has 3 rings (SSSR count). The van der Waals surface area contributed by atoms with Crippen LogP contribution in [0.3, 0.4) is 0 Å². The Labute approximate surface area is 165 Å². The maximum atomic E-state index is 6.50. The molecule has 26 heavy (non-hydrogen) atoms. The van der Waals surface area contributed by atoms with Crippen molar-refractivity contribution in [2.24, 2.45) is 5.73 Å². The molecule has 2 aromatic carbocycles. The van der Waals surface area contributed by atoms with E-state index in [-0.39, 0.29) is 5.41 Å². The van der Waals surface area contributed by atoms with E-state index in [4.69, 9.17) is 28.9 Å². The van der Waals surface area contributed by atoms with Crippen LogP contribution >= 0.6 is 23.2 Å². The molecule has 1 heterocycles. The molecule has 4 heteroatoms. The Kier molecular flexibility index (Phi) is 5.67. The highest BCUT2D eigenvalue weighted by molar-refractivity contribution is 6.39. The molecule has 0 saturated carbocycles. The van der Waals surface area contributed by atoms with E-state index in [0.717, 1.165) is 36.0 Å². The Morgan fingerprint density at radius 1 is 1.00 bits per heavy atom. The first-order chi connectivity index (χ1) is 12.3. The van der Waals surface area contributed by atoms with Gasteiger partial charge in [0.2, 0.25) is 0 Å². The summed E-state index contributed by atoms with van der Waals surface area (Å²) in [4.78, 5) is 3.57. The highest BCUT2D eigenvalue weighted by atomic mass is 35.5. The van der Waals surface area contributed by atoms with E-state index in [2.05, 4.69) is 44.0 Å². The highest BCUT2D eigenvalue weighted by Crippen LogP contribution is 2.40. The largest absolute Gasteiger partial charge is 0.354 e. The lowest BCUT2D eigenvalue weighted by atomic mass is 9.86. The molecule has 1 aromatic heterocycles. The van der Waals surface area contributed by atoms with E-state index in [9.17, 15) is 0 Å². The average Bonchev–Trinajstić information content (AvgIpc) is 2.92. The fourth-order valence-corrected chi connectivity index (χ4v) is 3.96. The lowest BCUT2D eigenvalue weighted by molar-refractivity contribution is 0.591. The summed E-state index contributed by atoms with van der Waals surface area (Å²) in [7, 11) is 0. The average molecular weight is 389 g/mol. The minimum Gasteiger partial charge on any atom is -0.354 e. The van der Waals surface area contributed by atoms with Gasteiger partial charge in [0.1, 0.15) is 0 Å². The van der Waals surface area contributed by atoms with Gasteiger partial charge in [0.25, 0.3) is 0 Å². The third-order valence-electron chi connectivity index (χ3n) is 4.87. The van der Waals surface area contributed by atoms with Crippen LogP contribution in [0.2, 0.25) is 10.0 Å². The molecule has 0 aliphatic rings. The Balaban J connectivity index is 2.23. The van der Waals surface area contributed by atoms with Crippen LogP contribution in [0.1, 0.15) is 44.7 Å². The second-order valence-electron chi connectivity index (χ2n) is 7.83. The number of H-pyrrole nitrogens is 1. The number of rotatable bonds is 5. The smallest absolute Gasteiger partial charge is 0.0527 e. The molecule has 0 unspecified atom stereocenters. The Morgan fingerprint density at radius 3 is 2.31 bits per heavy atom. The monoisotopic (exact) mass is 388 g/mol. The number of benzene rings is 2. The second kappa shape index (κ2) is 7.64. The Bertz CT molecular complexity index is 900. The van der Waals surface area contributed by atoms with Crippen LogP contribution in [0.5, 0.6) is 0 Å². The van der Waals surface area contributed by atoms with Crippen LogP contribution in [0.25, 0.3) is 22.2 Å². The molecule has 0 bridgehead atoms. The maximum absolute atomic E-state index is 6.50. The van der Waals surface area contributed by atoms with Crippen LogP contribution in [0, 0.1) is 0 Å². The maximum Gasteiger partial charge on any atom is 0.0527 e. The number of aromatic amines is 1. The van der Waals surface area contributed by atoms with Crippen molar-refractivity contribution in [2.45, 2.75) is 45.4 Å². The third kappa shape index (κ3) is 3.78. The summed E-state index contributed by atoms with van der Waals surface area (Å²) in [6.07, 6.45) is 2.99. The van der Waals surface area contributed by atoms with Crippen molar-refractivity contribution in [1.82, 2.24) is 4.98 Å². The van der Waals surface area contributed by atoms with Gasteiger partial charge in [0, 0.05) is 16.5 Å². The van der Waals surface area contributed by atoms with Crippen LogP contribution in [0.15, 0.2) is 36.4 Å². The summed E-state index contributed by atoms with van der Waals surface area (Å²) in [6.45, 7) is 7.42. The molecular formula is C22H26Cl2N2. The van der Waals surface area contributed by atoms with Crippen LogP contribution < -0.4 is 5.73 Å². The van der Waals surface area contributed by atoms with E-state index in [0.29, 0.717) is 16.6 Å². The van der Waals surface area contributed by atoms with Gasteiger partial charge in [0.15, 0.2) is 0 Å². The lowest BCUT2D eigenvalue weighted by Crippen LogP contribution is -2.10. The first-order valence-electron chi connectivity index (χ1n) is 9.12. The van der Waals surface area contributed by atoms with E-state index < -0.39 is 0 Å². The number of aromatic nitrogens is 1. The summed E-state index contributed by atoms with van der Waals surface area (Å²) in [6, 6.07) is 12.3. The molecule has 2 nitrogen and oxygen atoms in total. The number of nitrogens with one attached hydrogen (secondary N) is 1. The molecular weight excluding hydrogens is 363 g/mol. The van der Waals surface area contributed by atoms with Crippen molar-refractivity contribution in [3.05, 3.63) is 57.6 Å². The third-order valence-corrected chi connectivity index (χ3v) is 5.50. The van der Waals surface area contributed by atoms with Gasteiger partial charge in [-0.25, -0.2) is 0 Å². The van der Waals surface area contributed by atoms with Gasteiger partial charge < -0.3 is 10.7 Å². The zero-order chi connectivity index (χ0) is 18.9. The van der Waals surface area contributed by atoms with E-state index >= 15 is 0 Å². The van der Waals surface area contributed by atoms with Crippen molar-refractivity contribution in [3.8, 4) is 11.3 Å². The summed E-state index contributed by atoms with van der Waals surface area (Å²) < 4.78 is 0. The number of unbranched alkanes of at least 4 members (excludes halogenated alkanes) is 1. The predicted octanol–water partition coefficient (Wildman–Crippen LogP) is 6.72. The topological polar surface area (TPSA) is 41.8 Å². The van der Waals surface area contributed by atoms with Crippen molar-refractivity contribution < 1.29 is 0 Å². The Morgan fingerprint density at radius 2 is 1.69 bits per heavy atom. The number of hydrogen-bond donors (Lipinski definition) is 2. The first-order valence-corrected chi connectivity index (χ1v) is 9.88. The van der Waals surface area contributed by atoms with E-state index in [1.54, 1.807) is 0 Å². The highest BCUT2D eigenvalue weighted by Gasteiger charge is 2.20. The van der Waals surface area contributed by atoms with Crippen molar-refractivity contribution in [3.63, 3.8) is 0 Å². The molecule has 3 aromatic rings. The number of nitrogens with two attached hydrogens (primary N) is 1. The quantitative estimate of drug-likeness (QED) is 0.467. The molecule has 0 atom stereocenters. The van der Waals surface area contributed by atoms with Crippen molar-refractivity contribution in [1.29, 1.82) is 0 Å². The Hall–Kier alpha value is -1.48. The van der Waals surface area contributed by atoms with Gasteiger partial charge in [-0.3, -0.25) is 0 Å². The minimum atomic E-state index is 0.0994. The second-order valence-corrected chi connectivity index (χ2v) is 8.65. The zero-order valence-corrected chi connectivity index (χ0v) is 17.1. The zero-order valence-electron chi connectivity index (χ0n) is 15.6. The van der Waals surface area contributed by atoms with Crippen molar-refractivity contribution in [2.75, 3.05) is 6.54 Å². The normalized spacial score (nSPS) is 12.1. The molecule has 3 N–H and O–H groups in total. The van der Waals surface area contributed by atoms with Gasteiger partial charge >= 0.3 is 0 Å². The van der Waals surface area contributed by atoms with Gasteiger partial charge in [-0.1, -0.05) is 56.1 Å². The van der Waals surface area contributed by atoms with Gasteiger partial charge in [-0.05, 0) is 66.6 Å². The number of aryl methyl sites for hydroxylation is 1. The summed E-state index contributed by atoms with van der Waals surface area (Å²) in [5.74, 6) is 0. The summed E-state index contributed by atoms with van der Waals surface area (Å²) >= 11 is 13.0. The van der Waals surface area contributed by atoms with Gasteiger partial charge in [-0.15, -0.1) is 0 Å². The molecule has 0 fully saturated rings. The van der Waals surface area contributed by atoms with Gasteiger partial charge in [-0.2, -0.15) is 0 Å². The SMILES string of the molecule is CC(C)(C)c1ccc2[nH]c(-c3c(Cl)cccc3Cl)c(CCCCN)c2c1. The molecule has 0 amide bonds. The minimum absolute atomic E-state index is 0.0994. The van der Waals surface area contributed by atoms with Crippen LogP contribution in [-0.4, -0.2) is 11.5 Å².